The van der Waals surface area contributed by atoms with E-state index in [-0.39, 0.29) is 22.9 Å². The summed E-state index contributed by atoms with van der Waals surface area (Å²) in [5.74, 6) is -1.16. The molecule has 2 aliphatic rings. The molecule has 0 spiro atoms. The molecule has 1 aromatic carbocycles. The first-order valence-electron chi connectivity index (χ1n) is 8.55. The Morgan fingerprint density at radius 1 is 1.08 bits per heavy atom. The lowest BCUT2D eigenvalue weighted by atomic mass is 9.91. The van der Waals surface area contributed by atoms with E-state index in [4.69, 9.17) is 9.47 Å². The first-order valence-corrected chi connectivity index (χ1v) is 9.43. The lowest BCUT2D eigenvalue weighted by molar-refractivity contribution is -0.144. The van der Waals surface area contributed by atoms with Crippen LogP contribution in [0.2, 0.25) is 0 Å². The molecule has 2 atom stereocenters. The fourth-order valence-corrected chi connectivity index (χ4v) is 4.70. The van der Waals surface area contributed by atoms with E-state index in [0.29, 0.717) is 19.4 Å². The third kappa shape index (κ3) is 4.08. The van der Waals surface area contributed by atoms with Crippen molar-refractivity contribution in [3.63, 3.8) is 0 Å². The van der Waals surface area contributed by atoms with E-state index >= 15 is 0 Å². The van der Waals surface area contributed by atoms with Crippen LogP contribution in [0.5, 0.6) is 0 Å². The van der Waals surface area contributed by atoms with Crippen LogP contribution in [0.15, 0.2) is 35.2 Å². The van der Waals surface area contributed by atoms with Gasteiger partial charge in [0.05, 0.1) is 23.9 Å². The number of carbonyl (C=O) groups excluding carboxylic acids is 2. The highest BCUT2D eigenvalue weighted by Crippen LogP contribution is 2.39. The van der Waals surface area contributed by atoms with Crippen molar-refractivity contribution in [3.8, 4) is 0 Å². The second kappa shape index (κ2) is 7.38. The van der Waals surface area contributed by atoms with Crippen LogP contribution in [0.1, 0.15) is 39.5 Å². The number of hydrogen-bond acceptors (Lipinski definition) is 5. The highest BCUT2D eigenvalue weighted by Gasteiger charge is 2.45. The molecule has 1 aliphatic heterocycles. The number of hydrogen-bond donors (Lipinski definition) is 0. The van der Waals surface area contributed by atoms with Crippen molar-refractivity contribution in [2.45, 2.75) is 61.6 Å². The molecule has 0 bridgehead atoms. The van der Waals surface area contributed by atoms with Gasteiger partial charge in [0.25, 0.3) is 0 Å². The molecular weight excluding hydrogens is 324 g/mol. The number of Topliss-reactive ketones (excluding diaryl/α,β-unsaturated/α-hetero) is 2. The van der Waals surface area contributed by atoms with Crippen LogP contribution in [0, 0.1) is 5.92 Å². The number of ether oxygens (including phenoxy) is 2. The van der Waals surface area contributed by atoms with Gasteiger partial charge in [-0.2, -0.15) is 0 Å². The lowest BCUT2D eigenvalue weighted by Crippen LogP contribution is -2.41. The second-order valence-corrected chi connectivity index (χ2v) is 8.13. The molecule has 0 radical (unpaired) electrons. The zero-order chi connectivity index (χ0) is 17.2. The van der Waals surface area contributed by atoms with Gasteiger partial charge in [-0.15, -0.1) is 11.8 Å². The van der Waals surface area contributed by atoms with Crippen LogP contribution >= 0.6 is 11.8 Å². The van der Waals surface area contributed by atoms with Crippen LogP contribution < -0.4 is 0 Å². The highest BCUT2D eigenvalue weighted by atomic mass is 32.2. The molecule has 5 heteroatoms. The van der Waals surface area contributed by atoms with Crippen LogP contribution in [0.4, 0.5) is 0 Å². The first kappa shape index (κ1) is 17.6. The normalized spacial score (nSPS) is 26.3. The molecule has 0 amide bonds. The highest BCUT2D eigenvalue weighted by molar-refractivity contribution is 8.00. The third-order valence-corrected chi connectivity index (χ3v) is 5.92. The number of thioether (sulfide) groups is 1. The predicted octanol–water partition coefficient (Wildman–Crippen LogP) is 3.63. The Kier molecular flexibility index (Phi) is 5.42. The minimum Gasteiger partial charge on any atom is -0.348 e. The van der Waals surface area contributed by atoms with Crippen LogP contribution in [0.25, 0.3) is 0 Å². The largest absolute Gasteiger partial charge is 0.348 e. The Hall–Kier alpha value is -1.17. The molecule has 0 N–H and O–H groups in total. The minimum atomic E-state index is -0.670. The SMILES string of the molecule is CC1(C)OC[C@H]([C@H](Sc2ccccc2)C2C(=O)CCCCC2=O)O1. The van der Waals surface area contributed by atoms with Gasteiger partial charge in [-0.1, -0.05) is 18.2 Å². The van der Waals surface area contributed by atoms with Crippen LogP contribution in [0.3, 0.4) is 0 Å². The van der Waals surface area contributed by atoms with Gasteiger partial charge in [0.15, 0.2) is 5.79 Å². The molecule has 0 unspecified atom stereocenters. The number of benzene rings is 1. The van der Waals surface area contributed by atoms with Crippen molar-refractivity contribution < 1.29 is 19.1 Å². The molecule has 1 aromatic rings. The fraction of sp³-hybridized carbons (Fsp3) is 0.579. The van der Waals surface area contributed by atoms with Crippen molar-refractivity contribution in [3.05, 3.63) is 30.3 Å². The summed E-state index contributed by atoms with van der Waals surface area (Å²) in [5.41, 5.74) is 0. The molecule has 1 aliphatic carbocycles. The third-order valence-electron chi connectivity index (χ3n) is 4.53. The quantitative estimate of drug-likeness (QED) is 0.472. The molecule has 3 rings (SSSR count). The van der Waals surface area contributed by atoms with Crippen LogP contribution in [-0.2, 0) is 19.1 Å². The number of rotatable bonds is 4. The van der Waals surface area contributed by atoms with Crippen molar-refractivity contribution in [2.75, 3.05) is 6.61 Å². The first-order chi connectivity index (χ1) is 11.5. The zero-order valence-electron chi connectivity index (χ0n) is 14.2. The summed E-state index contributed by atoms with van der Waals surface area (Å²) in [6, 6.07) is 9.89. The Balaban J connectivity index is 1.88. The van der Waals surface area contributed by atoms with Gasteiger partial charge in [-0.25, -0.2) is 0 Å². The topological polar surface area (TPSA) is 52.6 Å². The maximum absolute atomic E-state index is 12.6. The molecule has 1 heterocycles. The zero-order valence-corrected chi connectivity index (χ0v) is 15.0. The van der Waals surface area contributed by atoms with Gasteiger partial charge in [-0.3, -0.25) is 9.59 Å². The standard InChI is InChI=1S/C19H24O4S/c1-19(2)22-12-16(23-19)18(24-13-8-4-3-5-9-13)17-14(20)10-6-7-11-15(17)21/h3-5,8-9,16-18H,6-7,10-12H2,1-2H3/t16-,18+/m1/s1. The Bertz CT molecular complexity index is 581. The number of ketones is 2. The van der Waals surface area contributed by atoms with Crippen molar-refractivity contribution in [2.24, 2.45) is 5.92 Å². The Labute approximate surface area is 147 Å². The van der Waals surface area contributed by atoms with Gasteiger partial charge in [-0.05, 0) is 38.8 Å². The van der Waals surface area contributed by atoms with Crippen molar-refractivity contribution in [1.29, 1.82) is 0 Å². The molecule has 2 fully saturated rings. The van der Waals surface area contributed by atoms with Gasteiger partial charge < -0.3 is 9.47 Å². The molecule has 1 saturated carbocycles. The van der Waals surface area contributed by atoms with E-state index in [9.17, 15) is 9.59 Å². The van der Waals surface area contributed by atoms with Gasteiger partial charge in [0, 0.05) is 17.7 Å². The molecule has 4 nitrogen and oxygen atoms in total. The van der Waals surface area contributed by atoms with Crippen molar-refractivity contribution in [1.82, 2.24) is 0 Å². The fourth-order valence-electron chi connectivity index (χ4n) is 3.35. The summed E-state index contributed by atoms with van der Waals surface area (Å²) in [5, 5.41) is -0.243. The summed E-state index contributed by atoms with van der Waals surface area (Å²) < 4.78 is 11.7. The van der Waals surface area contributed by atoms with E-state index in [1.165, 1.54) is 0 Å². The average molecular weight is 348 g/mol. The van der Waals surface area contributed by atoms with Gasteiger partial charge in [0.1, 0.15) is 11.6 Å². The lowest BCUT2D eigenvalue weighted by Gasteiger charge is -2.29. The number of carbonyl (C=O) groups is 2. The van der Waals surface area contributed by atoms with Gasteiger partial charge >= 0.3 is 0 Å². The van der Waals surface area contributed by atoms with Crippen LogP contribution in [-0.4, -0.2) is 35.3 Å². The second-order valence-electron chi connectivity index (χ2n) is 6.88. The van der Waals surface area contributed by atoms with Crippen molar-refractivity contribution >= 4 is 23.3 Å². The predicted molar refractivity (Wildman–Crippen MR) is 93.0 cm³/mol. The van der Waals surface area contributed by atoms with E-state index < -0.39 is 11.7 Å². The molecular formula is C19H24O4S. The monoisotopic (exact) mass is 348 g/mol. The minimum absolute atomic E-state index is 0.0548. The maximum Gasteiger partial charge on any atom is 0.163 e. The summed E-state index contributed by atoms with van der Waals surface area (Å²) in [6.07, 6.45) is 2.31. The summed E-state index contributed by atoms with van der Waals surface area (Å²) in [4.78, 5) is 26.3. The smallest absolute Gasteiger partial charge is 0.163 e. The molecule has 130 valence electrons. The van der Waals surface area contributed by atoms with E-state index in [2.05, 4.69) is 0 Å². The Morgan fingerprint density at radius 3 is 2.25 bits per heavy atom. The molecule has 1 saturated heterocycles. The van der Waals surface area contributed by atoms with E-state index in [1.54, 1.807) is 11.8 Å². The molecule has 0 aromatic heterocycles. The van der Waals surface area contributed by atoms with Gasteiger partial charge in [0.2, 0.25) is 0 Å². The average Bonchev–Trinajstić information content (AvgIpc) is 2.82. The molecule has 24 heavy (non-hydrogen) atoms. The summed E-state index contributed by atoms with van der Waals surface area (Å²) >= 11 is 1.56. The maximum atomic E-state index is 12.6. The Morgan fingerprint density at radius 2 is 1.71 bits per heavy atom. The summed E-state index contributed by atoms with van der Waals surface area (Å²) in [7, 11) is 0. The van der Waals surface area contributed by atoms with E-state index in [1.807, 2.05) is 44.2 Å². The summed E-state index contributed by atoms with van der Waals surface area (Å²) in [6.45, 7) is 4.15. The van der Waals surface area contributed by atoms with E-state index in [0.717, 1.165) is 17.7 Å².